The van der Waals surface area contributed by atoms with Gasteiger partial charge < -0.3 is 24.2 Å². The molecule has 3 atom stereocenters. The van der Waals surface area contributed by atoms with Crippen molar-refractivity contribution in [2.75, 3.05) is 26.4 Å². The van der Waals surface area contributed by atoms with Crippen molar-refractivity contribution in [2.45, 2.75) is 251 Å². The highest BCUT2D eigenvalue weighted by molar-refractivity contribution is 7.47. The molecular formula is C64H107O11P. The summed E-state index contributed by atoms with van der Waals surface area (Å²) >= 11 is 0. The first-order valence-corrected chi connectivity index (χ1v) is 31.3. The number of hydrogen-bond acceptors (Lipinski definition) is 10. The van der Waals surface area contributed by atoms with Crippen LogP contribution < -0.4 is 0 Å². The van der Waals surface area contributed by atoms with Gasteiger partial charge in [0.15, 0.2) is 6.10 Å². The van der Waals surface area contributed by atoms with Crippen LogP contribution in [0.3, 0.4) is 0 Å². The van der Waals surface area contributed by atoms with Crippen LogP contribution in [0, 0.1) is 0 Å². The van der Waals surface area contributed by atoms with Crippen molar-refractivity contribution in [1.29, 1.82) is 0 Å². The molecular weight excluding hydrogens is 976 g/mol. The minimum absolute atomic E-state index is 0.0137. The number of carbonyl (C=O) groups excluding carboxylic acids is 3. The Morgan fingerprint density at radius 1 is 0.395 bits per heavy atom. The maximum absolute atomic E-state index is 12.9. The fraction of sp³-hybridized carbons (Fsp3) is 0.672. The smallest absolute Gasteiger partial charge is 0.461 e. The second kappa shape index (κ2) is 57.3. The molecule has 0 aromatic heterocycles. The maximum atomic E-state index is 12.9. The van der Waals surface area contributed by atoms with Gasteiger partial charge >= 0.3 is 25.7 Å². The highest BCUT2D eigenvalue weighted by Crippen LogP contribution is 2.43. The molecule has 0 rings (SSSR count). The molecule has 0 bridgehead atoms. The number of unbranched alkanes of at least 4 members (excludes halogenated alkanes) is 20. The van der Waals surface area contributed by atoms with Crippen molar-refractivity contribution in [3.8, 4) is 0 Å². The second-order valence-electron chi connectivity index (χ2n) is 19.4. The highest BCUT2D eigenvalue weighted by atomic mass is 31.2. The lowest BCUT2D eigenvalue weighted by Gasteiger charge is -2.21. The first-order valence-electron chi connectivity index (χ1n) is 29.8. The summed E-state index contributed by atoms with van der Waals surface area (Å²) in [5.41, 5.74) is 0. The molecule has 0 saturated carbocycles. The molecule has 0 amide bonds. The quantitative estimate of drug-likeness (QED) is 0.0197. The monoisotopic (exact) mass is 1080 g/mol. The normalized spacial score (nSPS) is 14.1. The molecule has 11 nitrogen and oxygen atoms in total. The number of rotatable bonds is 54. The molecule has 0 aliphatic heterocycles. The van der Waals surface area contributed by atoms with Gasteiger partial charge in [-0.05, 0) is 109 Å². The fourth-order valence-corrected chi connectivity index (χ4v) is 8.45. The van der Waals surface area contributed by atoms with Crippen LogP contribution in [-0.4, -0.2) is 66.5 Å². The number of phosphoric acid groups is 1. The van der Waals surface area contributed by atoms with E-state index >= 15 is 0 Å². The van der Waals surface area contributed by atoms with Gasteiger partial charge in [0.05, 0.1) is 26.2 Å². The average Bonchev–Trinajstić information content (AvgIpc) is 3.41. The Kier molecular flexibility index (Phi) is 54.4. The van der Waals surface area contributed by atoms with Crippen molar-refractivity contribution in [1.82, 2.24) is 0 Å². The van der Waals surface area contributed by atoms with Crippen LogP contribution in [0.1, 0.15) is 239 Å². The lowest BCUT2D eigenvalue weighted by atomic mass is 10.1. The molecule has 0 spiro atoms. The fourth-order valence-electron chi connectivity index (χ4n) is 7.67. The number of carbonyl (C=O) groups is 3. The molecule has 3 unspecified atom stereocenters. The van der Waals surface area contributed by atoms with E-state index < -0.39 is 64.4 Å². The van der Waals surface area contributed by atoms with E-state index in [0.717, 1.165) is 116 Å². The van der Waals surface area contributed by atoms with E-state index in [9.17, 15) is 28.9 Å². The number of esters is 3. The molecule has 0 radical (unpaired) electrons. The van der Waals surface area contributed by atoms with Crippen LogP contribution in [0.25, 0.3) is 0 Å². The van der Waals surface area contributed by atoms with Crippen LogP contribution >= 0.6 is 7.82 Å². The molecule has 0 heterocycles. The summed E-state index contributed by atoms with van der Waals surface area (Å²) in [7, 11) is -4.78. The van der Waals surface area contributed by atoms with Crippen molar-refractivity contribution < 1.29 is 52.2 Å². The zero-order valence-corrected chi connectivity index (χ0v) is 48.8. The Labute approximate surface area is 463 Å². The predicted molar refractivity (Wildman–Crippen MR) is 316 cm³/mol. The Morgan fingerprint density at radius 2 is 0.724 bits per heavy atom. The lowest BCUT2D eigenvalue weighted by Crippen LogP contribution is -2.30. The summed E-state index contributed by atoms with van der Waals surface area (Å²) < 4.78 is 39.4. The van der Waals surface area contributed by atoms with E-state index in [1.807, 2.05) is 12.2 Å². The third-order valence-electron chi connectivity index (χ3n) is 12.2. The Bertz CT molecular complexity index is 1690. The van der Waals surface area contributed by atoms with Crippen molar-refractivity contribution in [2.24, 2.45) is 0 Å². The van der Waals surface area contributed by atoms with E-state index in [1.54, 1.807) is 6.08 Å². The third-order valence-corrected chi connectivity index (χ3v) is 13.1. The average molecular weight is 1080 g/mol. The van der Waals surface area contributed by atoms with Crippen LogP contribution in [0.2, 0.25) is 0 Å². The van der Waals surface area contributed by atoms with Crippen molar-refractivity contribution in [3.63, 3.8) is 0 Å². The number of ether oxygens (including phenoxy) is 3. The van der Waals surface area contributed by atoms with Gasteiger partial charge in [0.1, 0.15) is 12.7 Å². The number of allylic oxidation sites excluding steroid dienone is 17. The molecule has 0 aliphatic carbocycles. The van der Waals surface area contributed by atoms with Crippen molar-refractivity contribution >= 4 is 25.7 Å². The van der Waals surface area contributed by atoms with Gasteiger partial charge in [-0.15, -0.1) is 0 Å². The minimum Gasteiger partial charge on any atom is -0.461 e. The summed E-state index contributed by atoms with van der Waals surface area (Å²) in [6.45, 7) is 4.36. The van der Waals surface area contributed by atoms with Gasteiger partial charge in [0.2, 0.25) is 0 Å². The van der Waals surface area contributed by atoms with Gasteiger partial charge in [-0.25, -0.2) is 4.57 Å². The second-order valence-corrected chi connectivity index (χ2v) is 20.9. The SMILES string of the molecule is CC/C=C\C/C=C\C/C=C\C/C=C\C/C=C\CC(=O)OCC(COP(=O)(O)OCC(CO)OC(=O)CCCCCCC/C=C\CCCCCCCC)OC(=O)CCCCCCCC/C=C\C/C=C\C/C=C\CCCCC. The topological polar surface area (TPSA) is 155 Å². The van der Waals surface area contributed by atoms with Gasteiger partial charge in [-0.2, -0.15) is 0 Å². The molecule has 76 heavy (non-hydrogen) atoms. The van der Waals surface area contributed by atoms with Crippen LogP contribution in [0.5, 0.6) is 0 Å². The van der Waals surface area contributed by atoms with E-state index in [-0.39, 0.29) is 19.3 Å². The zero-order valence-electron chi connectivity index (χ0n) is 47.9. The first-order chi connectivity index (χ1) is 37.2. The Hall–Kier alpha value is -3.86. The lowest BCUT2D eigenvalue weighted by molar-refractivity contribution is -0.161. The van der Waals surface area contributed by atoms with Gasteiger partial charge in [0, 0.05) is 12.8 Å². The van der Waals surface area contributed by atoms with Crippen LogP contribution in [0.15, 0.2) is 109 Å². The first kappa shape index (κ1) is 72.1. The molecule has 0 aromatic rings. The van der Waals surface area contributed by atoms with Crippen LogP contribution in [-0.2, 0) is 42.2 Å². The number of aliphatic hydroxyl groups excluding tert-OH is 1. The molecule has 0 aromatic carbocycles. The molecule has 2 N–H and O–H groups in total. The maximum Gasteiger partial charge on any atom is 0.472 e. The molecule has 0 aliphatic rings. The number of hydrogen-bond donors (Lipinski definition) is 2. The van der Waals surface area contributed by atoms with Crippen LogP contribution in [0.4, 0.5) is 0 Å². The van der Waals surface area contributed by atoms with Crippen molar-refractivity contribution in [3.05, 3.63) is 109 Å². The van der Waals surface area contributed by atoms with E-state index in [1.165, 1.54) is 64.2 Å². The van der Waals surface area contributed by atoms with E-state index in [2.05, 4.69) is 112 Å². The van der Waals surface area contributed by atoms with Gasteiger partial charge in [-0.1, -0.05) is 220 Å². The standard InChI is InChI=1S/C64H107O11P/c1-4-7-10-13-16-19-22-25-28-29-30-31-34-37-40-43-46-49-52-55-64(68)75-61(57-71-62(66)53-50-47-44-41-38-35-32-26-23-20-17-14-11-8-5-2)59-73-76(69,70)72-58-60(56-65)74-63(67)54-51-48-45-42-39-36-33-27-24-21-18-15-12-9-6-3/h8,11,16-17,19-20,25-28,30-33,38,41,47,50,60-61,65H,4-7,9-10,12-15,18,21-24,29,34-37,39-40,42-46,48-49,51-59H2,1-3H3,(H,69,70)/b11-8-,19-16-,20-17-,28-25-,31-30-,32-26-,33-27-,41-38-,50-47-. The molecule has 0 saturated heterocycles. The Morgan fingerprint density at radius 3 is 1.16 bits per heavy atom. The highest BCUT2D eigenvalue weighted by Gasteiger charge is 2.28. The van der Waals surface area contributed by atoms with E-state index in [0.29, 0.717) is 19.3 Å². The molecule has 0 fully saturated rings. The van der Waals surface area contributed by atoms with E-state index in [4.69, 9.17) is 23.3 Å². The summed E-state index contributed by atoms with van der Waals surface area (Å²) in [6, 6.07) is 0. The largest absolute Gasteiger partial charge is 0.472 e. The summed E-state index contributed by atoms with van der Waals surface area (Å²) in [5, 5.41) is 9.82. The predicted octanol–water partition coefficient (Wildman–Crippen LogP) is 17.8. The summed E-state index contributed by atoms with van der Waals surface area (Å²) in [4.78, 5) is 48.5. The Balaban J connectivity index is 4.85. The van der Waals surface area contributed by atoms with Gasteiger partial charge in [-0.3, -0.25) is 23.4 Å². The third kappa shape index (κ3) is 54.9. The van der Waals surface area contributed by atoms with Gasteiger partial charge in [0.25, 0.3) is 0 Å². The number of aliphatic hydroxyl groups is 1. The zero-order chi connectivity index (χ0) is 55.5. The molecule has 434 valence electrons. The number of phosphoric ester groups is 1. The summed E-state index contributed by atoms with van der Waals surface area (Å²) in [5.74, 6) is -1.65. The minimum atomic E-state index is -4.78. The molecule has 12 heteroatoms. The summed E-state index contributed by atoms with van der Waals surface area (Å²) in [6.07, 6.45) is 69.3.